The number of aliphatic hydroxyl groups is 3. The van der Waals surface area contributed by atoms with E-state index in [0.29, 0.717) is 11.3 Å². The molecule has 7 nitrogen and oxygen atoms in total. The summed E-state index contributed by atoms with van der Waals surface area (Å²) >= 11 is 0. The second kappa shape index (κ2) is 5.93. The number of benzene rings is 1. The highest BCUT2D eigenvalue weighted by molar-refractivity contribution is 5.81. The first-order chi connectivity index (χ1) is 10.9. The third-order valence-corrected chi connectivity index (χ3v) is 3.98. The maximum Gasteiger partial charge on any atom is 0.336 e. The largest absolute Gasteiger partial charge is 0.462 e. The van der Waals surface area contributed by atoms with Crippen molar-refractivity contribution in [1.82, 2.24) is 0 Å². The number of aryl methyl sites for hydroxylation is 1. The Bertz CT molecular complexity index is 769. The van der Waals surface area contributed by atoms with Crippen molar-refractivity contribution in [3.05, 3.63) is 40.2 Å². The Morgan fingerprint density at radius 2 is 1.83 bits per heavy atom. The van der Waals surface area contributed by atoms with E-state index in [1.54, 1.807) is 26.0 Å². The van der Waals surface area contributed by atoms with E-state index in [1.165, 1.54) is 12.1 Å². The quantitative estimate of drug-likeness (QED) is 0.683. The summed E-state index contributed by atoms with van der Waals surface area (Å²) in [7, 11) is 0. The monoisotopic (exact) mass is 322 g/mol. The van der Waals surface area contributed by atoms with E-state index in [1.807, 2.05) is 0 Å². The number of fused-ring (bicyclic) bond motifs is 1. The van der Waals surface area contributed by atoms with Gasteiger partial charge >= 0.3 is 5.63 Å². The van der Waals surface area contributed by atoms with Gasteiger partial charge in [0.05, 0.1) is 6.10 Å². The minimum absolute atomic E-state index is 0.311. The van der Waals surface area contributed by atoms with Gasteiger partial charge in [-0.2, -0.15) is 0 Å². The van der Waals surface area contributed by atoms with Crippen LogP contribution in [0.2, 0.25) is 0 Å². The molecule has 1 fully saturated rings. The predicted octanol–water partition coefficient (Wildman–Crippen LogP) is 0.308. The normalized spacial score (nSPS) is 31.3. The topological polar surface area (TPSA) is 109 Å². The molecule has 0 spiro atoms. The van der Waals surface area contributed by atoms with Crippen molar-refractivity contribution in [2.45, 2.75) is 44.6 Å². The van der Waals surface area contributed by atoms with Gasteiger partial charge in [-0.25, -0.2) is 4.79 Å². The fourth-order valence-electron chi connectivity index (χ4n) is 2.62. The molecule has 1 aliphatic heterocycles. The van der Waals surface area contributed by atoms with Crippen LogP contribution in [-0.4, -0.2) is 46.0 Å². The van der Waals surface area contributed by atoms with E-state index in [0.717, 1.165) is 10.9 Å². The van der Waals surface area contributed by atoms with Crippen molar-refractivity contribution in [3.63, 3.8) is 0 Å². The summed E-state index contributed by atoms with van der Waals surface area (Å²) in [6.45, 7) is 3.37. The van der Waals surface area contributed by atoms with Gasteiger partial charge in [-0.1, -0.05) is 0 Å². The van der Waals surface area contributed by atoms with Gasteiger partial charge in [0.2, 0.25) is 6.29 Å². The van der Waals surface area contributed by atoms with E-state index in [9.17, 15) is 20.1 Å². The van der Waals surface area contributed by atoms with E-state index in [2.05, 4.69) is 0 Å². The number of ether oxygens (including phenoxy) is 2. The SMILES string of the molecule is Cc1cc(=O)oc2cc(O[C@H]3O[C@@H](C)[C@H](O)[C@@H](O)[C@@H]3O)ccc12. The molecule has 3 rings (SSSR count). The highest BCUT2D eigenvalue weighted by atomic mass is 16.7. The van der Waals surface area contributed by atoms with Crippen LogP contribution in [-0.2, 0) is 4.74 Å². The van der Waals surface area contributed by atoms with Gasteiger partial charge in [-0.3, -0.25) is 0 Å². The number of hydrogen-bond donors (Lipinski definition) is 3. The fourth-order valence-corrected chi connectivity index (χ4v) is 2.62. The lowest BCUT2D eigenvalue weighted by Crippen LogP contribution is -2.58. The smallest absolute Gasteiger partial charge is 0.336 e. The summed E-state index contributed by atoms with van der Waals surface area (Å²) in [5.74, 6) is 0.311. The summed E-state index contributed by atoms with van der Waals surface area (Å²) in [5.41, 5.74) is 0.670. The highest BCUT2D eigenvalue weighted by Gasteiger charge is 2.43. The van der Waals surface area contributed by atoms with E-state index in [4.69, 9.17) is 13.9 Å². The summed E-state index contributed by atoms with van der Waals surface area (Å²) in [5, 5.41) is 30.2. The van der Waals surface area contributed by atoms with Crippen LogP contribution in [0.25, 0.3) is 11.0 Å². The zero-order valence-corrected chi connectivity index (χ0v) is 12.7. The molecule has 0 radical (unpaired) electrons. The second-order valence-corrected chi connectivity index (χ2v) is 5.71. The molecule has 0 amide bonds. The van der Waals surface area contributed by atoms with Crippen LogP contribution in [0.5, 0.6) is 5.75 Å². The molecule has 1 aliphatic rings. The lowest BCUT2D eigenvalue weighted by Gasteiger charge is -2.38. The second-order valence-electron chi connectivity index (χ2n) is 5.71. The van der Waals surface area contributed by atoms with Crippen LogP contribution in [0.15, 0.2) is 33.5 Å². The van der Waals surface area contributed by atoms with Crippen LogP contribution in [0, 0.1) is 6.92 Å². The van der Waals surface area contributed by atoms with Gasteiger partial charge in [0, 0.05) is 17.5 Å². The first-order valence-corrected chi connectivity index (χ1v) is 7.27. The molecule has 3 N–H and O–H groups in total. The molecule has 2 heterocycles. The molecular weight excluding hydrogens is 304 g/mol. The van der Waals surface area contributed by atoms with Crippen LogP contribution in [0.1, 0.15) is 12.5 Å². The summed E-state index contributed by atoms with van der Waals surface area (Å²) < 4.78 is 16.0. The molecule has 0 saturated carbocycles. The Morgan fingerprint density at radius 1 is 1.09 bits per heavy atom. The predicted molar refractivity (Wildman–Crippen MR) is 80.2 cm³/mol. The van der Waals surface area contributed by atoms with Gasteiger partial charge in [-0.05, 0) is 31.5 Å². The van der Waals surface area contributed by atoms with Crippen molar-refractivity contribution in [1.29, 1.82) is 0 Å². The molecule has 0 aliphatic carbocycles. The number of hydrogen-bond acceptors (Lipinski definition) is 7. The lowest BCUT2D eigenvalue weighted by atomic mass is 10.00. The average molecular weight is 322 g/mol. The highest BCUT2D eigenvalue weighted by Crippen LogP contribution is 2.27. The summed E-state index contributed by atoms with van der Waals surface area (Å²) in [6.07, 6.45) is -5.80. The Balaban J connectivity index is 1.88. The van der Waals surface area contributed by atoms with E-state index in [-0.39, 0.29) is 0 Å². The van der Waals surface area contributed by atoms with E-state index < -0.39 is 36.3 Å². The zero-order valence-electron chi connectivity index (χ0n) is 12.7. The molecule has 1 aromatic heterocycles. The van der Waals surface area contributed by atoms with Crippen LogP contribution < -0.4 is 10.4 Å². The molecule has 0 bridgehead atoms. The van der Waals surface area contributed by atoms with Crippen molar-refractivity contribution in [3.8, 4) is 5.75 Å². The number of aliphatic hydroxyl groups excluding tert-OH is 3. The average Bonchev–Trinajstić information content (AvgIpc) is 2.50. The summed E-state index contributed by atoms with van der Waals surface area (Å²) in [4.78, 5) is 11.4. The van der Waals surface area contributed by atoms with Crippen LogP contribution >= 0.6 is 0 Å². The zero-order chi connectivity index (χ0) is 16.7. The first kappa shape index (κ1) is 15.9. The van der Waals surface area contributed by atoms with Gasteiger partial charge < -0.3 is 29.2 Å². The minimum atomic E-state index is -1.40. The molecule has 2 aromatic rings. The molecule has 5 atom stereocenters. The molecule has 7 heteroatoms. The van der Waals surface area contributed by atoms with Crippen LogP contribution in [0.4, 0.5) is 0 Å². The lowest BCUT2D eigenvalue weighted by molar-refractivity contribution is -0.268. The molecule has 1 saturated heterocycles. The fraction of sp³-hybridized carbons (Fsp3) is 0.438. The molecule has 23 heavy (non-hydrogen) atoms. The maximum atomic E-state index is 11.4. The molecule has 124 valence electrons. The van der Waals surface area contributed by atoms with Gasteiger partial charge in [0.25, 0.3) is 0 Å². The van der Waals surface area contributed by atoms with Crippen molar-refractivity contribution < 1.29 is 29.2 Å². The maximum absolute atomic E-state index is 11.4. The minimum Gasteiger partial charge on any atom is -0.462 e. The van der Waals surface area contributed by atoms with Crippen molar-refractivity contribution in [2.24, 2.45) is 0 Å². The van der Waals surface area contributed by atoms with Crippen molar-refractivity contribution in [2.75, 3.05) is 0 Å². The van der Waals surface area contributed by atoms with Crippen LogP contribution in [0.3, 0.4) is 0 Å². The Hall–Kier alpha value is -1.93. The molecule has 1 aromatic carbocycles. The third kappa shape index (κ3) is 2.96. The molecule has 0 unspecified atom stereocenters. The molecular formula is C16H18O7. The first-order valence-electron chi connectivity index (χ1n) is 7.27. The Kier molecular flexibility index (Phi) is 4.11. The van der Waals surface area contributed by atoms with Gasteiger partial charge in [-0.15, -0.1) is 0 Å². The Labute approximate surface area is 131 Å². The Morgan fingerprint density at radius 3 is 2.57 bits per heavy atom. The number of rotatable bonds is 2. The van der Waals surface area contributed by atoms with Gasteiger partial charge in [0.15, 0.2) is 0 Å². The summed E-state index contributed by atoms with van der Waals surface area (Å²) in [6, 6.07) is 6.29. The standard InChI is InChI=1S/C16H18O7/c1-7-5-12(17)23-11-6-9(3-4-10(7)11)22-16-15(20)14(19)13(18)8(2)21-16/h3-6,8,13-16,18-20H,1-2H3/t8-,13-,14+,15-,16+/m0/s1. The van der Waals surface area contributed by atoms with Gasteiger partial charge in [0.1, 0.15) is 29.6 Å². The third-order valence-electron chi connectivity index (χ3n) is 3.98. The van der Waals surface area contributed by atoms with E-state index >= 15 is 0 Å². The van der Waals surface area contributed by atoms with Crippen molar-refractivity contribution >= 4 is 11.0 Å².